The molecule has 1 rings (SSSR count). The lowest BCUT2D eigenvalue weighted by molar-refractivity contribution is 0.611. The molecule has 0 aromatic heterocycles. The summed E-state index contributed by atoms with van der Waals surface area (Å²) in [4.78, 5) is 0. The molecule has 0 atom stereocenters. The molecule has 0 saturated heterocycles. The molecule has 1 aromatic carbocycles. The Labute approximate surface area is 87.3 Å². The molecule has 1 aromatic rings. The largest absolute Gasteiger partial charge is 0.206 e. The van der Waals surface area contributed by atoms with E-state index in [0.29, 0.717) is 10.4 Å². The molecule has 0 aliphatic rings. The van der Waals surface area contributed by atoms with Gasteiger partial charge in [-0.2, -0.15) is 0 Å². The molecular formula is C11H14BrF. The number of hydrogen-bond acceptors (Lipinski definition) is 0. The van der Waals surface area contributed by atoms with E-state index in [1.54, 1.807) is 6.07 Å². The van der Waals surface area contributed by atoms with Crippen LogP contribution in [0.3, 0.4) is 0 Å². The predicted octanol–water partition coefficient (Wildman–Crippen LogP) is 4.10. The summed E-state index contributed by atoms with van der Waals surface area (Å²) in [6, 6.07) is 3.46. The highest BCUT2D eigenvalue weighted by Crippen LogP contribution is 2.22. The van der Waals surface area contributed by atoms with Crippen molar-refractivity contribution in [3.8, 4) is 0 Å². The van der Waals surface area contributed by atoms with E-state index in [0.717, 1.165) is 12.0 Å². The highest BCUT2D eigenvalue weighted by molar-refractivity contribution is 9.10. The van der Waals surface area contributed by atoms with Crippen LogP contribution in [0.4, 0.5) is 4.39 Å². The molecule has 0 heterocycles. The molecule has 0 amide bonds. The maximum Gasteiger partial charge on any atom is 0.137 e. The minimum atomic E-state index is -0.176. The van der Waals surface area contributed by atoms with Crippen molar-refractivity contribution in [3.63, 3.8) is 0 Å². The Balaban J connectivity index is 3.01. The Morgan fingerprint density at radius 1 is 1.38 bits per heavy atom. The van der Waals surface area contributed by atoms with Crippen LogP contribution in [0.1, 0.15) is 25.0 Å². The molecule has 13 heavy (non-hydrogen) atoms. The standard InChI is InChI=1S/C11H14BrF/c1-7(2)4-9-6-10(12)11(13)5-8(9)3/h5-7H,4H2,1-3H3. The second-order valence-electron chi connectivity index (χ2n) is 3.79. The third-order valence-electron chi connectivity index (χ3n) is 2.01. The van der Waals surface area contributed by atoms with Gasteiger partial charge in [0.1, 0.15) is 5.82 Å². The van der Waals surface area contributed by atoms with E-state index in [1.165, 1.54) is 5.56 Å². The van der Waals surface area contributed by atoms with Crippen molar-refractivity contribution in [1.29, 1.82) is 0 Å². The molecule has 0 radical (unpaired) electrons. The molecule has 0 N–H and O–H groups in total. The van der Waals surface area contributed by atoms with Crippen LogP contribution in [0.2, 0.25) is 0 Å². The van der Waals surface area contributed by atoms with Crippen LogP contribution >= 0.6 is 15.9 Å². The molecule has 72 valence electrons. The van der Waals surface area contributed by atoms with Crippen LogP contribution in [-0.2, 0) is 6.42 Å². The summed E-state index contributed by atoms with van der Waals surface area (Å²) in [6.45, 7) is 6.28. The zero-order valence-corrected chi connectivity index (χ0v) is 9.78. The van der Waals surface area contributed by atoms with E-state index < -0.39 is 0 Å². The zero-order chi connectivity index (χ0) is 10.0. The highest BCUT2D eigenvalue weighted by Gasteiger charge is 2.06. The summed E-state index contributed by atoms with van der Waals surface area (Å²) in [6.07, 6.45) is 1.00. The normalized spacial score (nSPS) is 10.9. The number of halogens is 2. The summed E-state index contributed by atoms with van der Waals surface area (Å²) < 4.78 is 13.6. The Hall–Kier alpha value is -0.370. The van der Waals surface area contributed by atoms with Gasteiger partial charge in [-0.1, -0.05) is 13.8 Å². The summed E-state index contributed by atoms with van der Waals surface area (Å²) in [5, 5.41) is 0. The third kappa shape index (κ3) is 2.80. The fraction of sp³-hybridized carbons (Fsp3) is 0.455. The zero-order valence-electron chi connectivity index (χ0n) is 8.20. The first-order chi connectivity index (χ1) is 6.00. The van der Waals surface area contributed by atoms with Gasteiger partial charge >= 0.3 is 0 Å². The predicted molar refractivity (Wildman–Crippen MR) is 57.4 cm³/mol. The maximum absolute atomic E-state index is 13.1. The van der Waals surface area contributed by atoms with Crippen molar-refractivity contribution in [1.82, 2.24) is 0 Å². The Bertz CT molecular complexity index is 305. The SMILES string of the molecule is Cc1cc(F)c(Br)cc1CC(C)C. The smallest absolute Gasteiger partial charge is 0.137 e. The molecular weight excluding hydrogens is 231 g/mol. The lowest BCUT2D eigenvalue weighted by Gasteiger charge is -2.09. The monoisotopic (exact) mass is 244 g/mol. The molecule has 0 saturated carbocycles. The topological polar surface area (TPSA) is 0 Å². The van der Waals surface area contributed by atoms with Gasteiger partial charge in [0.05, 0.1) is 4.47 Å². The van der Waals surface area contributed by atoms with E-state index in [1.807, 2.05) is 13.0 Å². The first-order valence-corrected chi connectivity index (χ1v) is 5.24. The van der Waals surface area contributed by atoms with Gasteiger partial charge in [0.15, 0.2) is 0 Å². The van der Waals surface area contributed by atoms with Crippen LogP contribution < -0.4 is 0 Å². The van der Waals surface area contributed by atoms with Gasteiger partial charge in [0, 0.05) is 0 Å². The van der Waals surface area contributed by atoms with E-state index >= 15 is 0 Å². The van der Waals surface area contributed by atoms with E-state index in [-0.39, 0.29) is 5.82 Å². The molecule has 0 aliphatic carbocycles. The third-order valence-corrected chi connectivity index (χ3v) is 2.61. The summed E-state index contributed by atoms with van der Waals surface area (Å²) in [5.74, 6) is 0.432. The van der Waals surface area contributed by atoms with E-state index in [4.69, 9.17) is 0 Å². The van der Waals surface area contributed by atoms with Gasteiger partial charge in [0.25, 0.3) is 0 Å². The molecule has 0 spiro atoms. The van der Waals surface area contributed by atoms with Crippen LogP contribution in [-0.4, -0.2) is 0 Å². The van der Waals surface area contributed by atoms with Gasteiger partial charge in [-0.05, 0) is 58.5 Å². The van der Waals surface area contributed by atoms with Crippen LogP contribution in [0, 0.1) is 18.7 Å². The fourth-order valence-corrected chi connectivity index (χ4v) is 1.74. The summed E-state index contributed by atoms with van der Waals surface area (Å²) >= 11 is 3.20. The second kappa shape index (κ2) is 4.23. The van der Waals surface area contributed by atoms with Gasteiger partial charge in [-0.3, -0.25) is 0 Å². The van der Waals surface area contributed by atoms with Crippen LogP contribution in [0.5, 0.6) is 0 Å². The van der Waals surface area contributed by atoms with Crippen LogP contribution in [0.15, 0.2) is 16.6 Å². The molecule has 0 fully saturated rings. The van der Waals surface area contributed by atoms with E-state index in [2.05, 4.69) is 29.8 Å². The van der Waals surface area contributed by atoms with Gasteiger partial charge in [-0.15, -0.1) is 0 Å². The molecule has 0 nitrogen and oxygen atoms in total. The van der Waals surface area contributed by atoms with Crippen molar-refractivity contribution < 1.29 is 4.39 Å². The summed E-state index contributed by atoms with van der Waals surface area (Å²) in [5.41, 5.74) is 2.26. The molecule has 0 aliphatic heterocycles. The molecule has 0 unspecified atom stereocenters. The Morgan fingerprint density at radius 2 is 2.00 bits per heavy atom. The van der Waals surface area contributed by atoms with Crippen molar-refractivity contribution in [3.05, 3.63) is 33.5 Å². The first kappa shape index (κ1) is 10.7. The highest BCUT2D eigenvalue weighted by atomic mass is 79.9. The van der Waals surface area contributed by atoms with Crippen molar-refractivity contribution in [2.75, 3.05) is 0 Å². The van der Waals surface area contributed by atoms with Gasteiger partial charge in [0.2, 0.25) is 0 Å². The summed E-state index contributed by atoms with van der Waals surface area (Å²) in [7, 11) is 0. The van der Waals surface area contributed by atoms with Gasteiger partial charge < -0.3 is 0 Å². The fourth-order valence-electron chi connectivity index (χ4n) is 1.35. The van der Waals surface area contributed by atoms with Crippen molar-refractivity contribution >= 4 is 15.9 Å². The molecule has 0 bridgehead atoms. The number of aryl methyl sites for hydroxylation is 1. The van der Waals surface area contributed by atoms with Crippen molar-refractivity contribution in [2.24, 2.45) is 5.92 Å². The number of rotatable bonds is 2. The maximum atomic E-state index is 13.1. The second-order valence-corrected chi connectivity index (χ2v) is 4.65. The van der Waals surface area contributed by atoms with Crippen molar-refractivity contribution in [2.45, 2.75) is 27.2 Å². The molecule has 2 heteroatoms. The Kier molecular flexibility index (Phi) is 3.48. The lowest BCUT2D eigenvalue weighted by atomic mass is 9.99. The lowest BCUT2D eigenvalue weighted by Crippen LogP contribution is -1.97. The Morgan fingerprint density at radius 3 is 2.54 bits per heavy atom. The first-order valence-electron chi connectivity index (χ1n) is 4.45. The van der Waals surface area contributed by atoms with Gasteiger partial charge in [-0.25, -0.2) is 4.39 Å². The van der Waals surface area contributed by atoms with E-state index in [9.17, 15) is 4.39 Å². The van der Waals surface area contributed by atoms with Crippen LogP contribution in [0.25, 0.3) is 0 Å². The minimum absolute atomic E-state index is 0.176. The number of benzene rings is 1. The average Bonchev–Trinajstić information content (AvgIpc) is 1.99. The average molecular weight is 245 g/mol. The minimum Gasteiger partial charge on any atom is -0.206 e. The number of hydrogen-bond donors (Lipinski definition) is 0. The quantitative estimate of drug-likeness (QED) is 0.735.